The minimum Gasteiger partial charge on any atom is -0.268 e. The van der Waals surface area contributed by atoms with E-state index >= 15 is 0 Å². The van der Waals surface area contributed by atoms with Crippen molar-refractivity contribution in [2.24, 2.45) is 0 Å². The van der Waals surface area contributed by atoms with Crippen LogP contribution in [0.1, 0.15) is 47.1 Å². The van der Waals surface area contributed by atoms with Gasteiger partial charge in [0.2, 0.25) is 0 Å². The molecule has 0 aliphatic carbocycles. The molecule has 2 aromatic carbocycles. The van der Waals surface area contributed by atoms with Gasteiger partial charge in [0.25, 0.3) is 11.8 Å². The summed E-state index contributed by atoms with van der Waals surface area (Å²) >= 11 is 6.34. The lowest BCUT2D eigenvalue weighted by Crippen LogP contribution is -2.29. The van der Waals surface area contributed by atoms with Crippen molar-refractivity contribution in [1.29, 1.82) is 0 Å². The molecular formula is C18H16ClNO2. The van der Waals surface area contributed by atoms with Gasteiger partial charge in [0.05, 0.1) is 21.8 Å². The number of imide groups is 1. The van der Waals surface area contributed by atoms with E-state index in [2.05, 4.69) is 20.8 Å². The van der Waals surface area contributed by atoms with Crippen LogP contribution in [0.15, 0.2) is 42.5 Å². The van der Waals surface area contributed by atoms with Crippen LogP contribution in [-0.4, -0.2) is 11.8 Å². The van der Waals surface area contributed by atoms with Crippen LogP contribution in [-0.2, 0) is 5.41 Å². The van der Waals surface area contributed by atoms with Crippen LogP contribution in [0.3, 0.4) is 0 Å². The molecule has 0 unspecified atom stereocenters. The molecule has 3 nitrogen and oxygen atoms in total. The second kappa shape index (κ2) is 4.96. The Hall–Kier alpha value is -2.13. The van der Waals surface area contributed by atoms with Crippen LogP contribution in [0.25, 0.3) is 0 Å². The highest BCUT2D eigenvalue weighted by atomic mass is 35.5. The molecule has 112 valence electrons. The molecule has 0 saturated carbocycles. The third kappa shape index (κ3) is 2.22. The Morgan fingerprint density at radius 2 is 1.45 bits per heavy atom. The van der Waals surface area contributed by atoms with Gasteiger partial charge >= 0.3 is 0 Å². The van der Waals surface area contributed by atoms with Gasteiger partial charge in [0.15, 0.2) is 0 Å². The normalized spacial score (nSPS) is 14.5. The highest BCUT2D eigenvalue weighted by molar-refractivity contribution is 6.39. The first kappa shape index (κ1) is 14.8. The predicted octanol–water partition coefficient (Wildman–Crippen LogP) is 4.44. The summed E-state index contributed by atoms with van der Waals surface area (Å²) in [6, 6.07) is 12.3. The summed E-state index contributed by atoms with van der Waals surface area (Å²) in [5.41, 5.74) is 2.27. The van der Waals surface area contributed by atoms with Crippen LogP contribution in [0.5, 0.6) is 0 Å². The van der Waals surface area contributed by atoms with Gasteiger partial charge < -0.3 is 0 Å². The number of halogens is 1. The molecule has 2 aromatic rings. The maximum atomic E-state index is 12.5. The molecule has 2 amide bonds. The fraction of sp³-hybridized carbons (Fsp3) is 0.222. The number of carbonyl (C=O) groups is 2. The summed E-state index contributed by atoms with van der Waals surface area (Å²) in [5, 5.41) is 0.405. The fourth-order valence-electron chi connectivity index (χ4n) is 2.56. The van der Waals surface area contributed by atoms with Gasteiger partial charge in [-0.25, -0.2) is 4.90 Å². The van der Waals surface area contributed by atoms with Crippen LogP contribution in [0.2, 0.25) is 5.02 Å². The number of hydrogen-bond acceptors (Lipinski definition) is 2. The summed E-state index contributed by atoms with van der Waals surface area (Å²) in [6.07, 6.45) is 0. The maximum Gasteiger partial charge on any atom is 0.266 e. The van der Waals surface area contributed by atoms with E-state index in [1.807, 2.05) is 12.1 Å². The van der Waals surface area contributed by atoms with E-state index in [0.717, 1.165) is 10.5 Å². The first-order valence-corrected chi connectivity index (χ1v) is 7.46. The predicted molar refractivity (Wildman–Crippen MR) is 87.7 cm³/mol. The monoisotopic (exact) mass is 313 g/mol. The minimum atomic E-state index is -0.328. The SMILES string of the molecule is CC(C)(C)c1ccc(N2C(=O)c3ccccc3C2=O)c(Cl)c1. The topological polar surface area (TPSA) is 37.4 Å². The molecule has 3 rings (SSSR count). The number of fused-ring (bicyclic) bond motifs is 1. The standard InChI is InChI=1S/C18H16ClNO2/c1-18(2,3)11-8-9-15(14(19)10-11)20-16(21)12-6-4-5-7-13(12)17(20)22/h4-10H,1-3H3. The van der Waals surface area contributed by atoms with Gasteiger partial charge in [-0.1, -0.05) is 50.6 Å². The van der Waals surface area contributed by atoms with E-state index < -0.39 is 0 Å². The third-order valence-electron chi connectivity index (χ3n) is 3.85. The summed E-state index contributed by atoms with van der Waals surface area (Å²) in [6.45, 7) is 6.25. The maximum absolute atomic E-state index is 12.5. The Bertz CT molecular complexity index is 755. The summed E-state index contributed by atoms with van der Waals surface area (Å²) in [7, 11) is 0. The highest BCUT2D eigenvalue weighted by Gasteiger charge is 2.37. The molecule has 0 atom stereocenters. The van der Waals surface area contributed by atoms with Crippen molar-refractivity contribution < 1.29 is 9.59 Å². The number of amides is 2. The van der Waals surface area contributed by atoms with Crippen LogP contribution in [0, 0.1) is 0 Å². The largest absolute Gasteiger partial charge is 0.268 e. The summed E-state index contributed by atoms with van der Waals surface area (Å²) in [5.74, 6) is -0.656. The van der Waals surface area contributed by atoms with Crippen molar-refractivity contribution in [1.82, 2.24) is 0 Å². The first-order chi connectivity index (χ1) is 10.3. The average molecular weight is 314 g/mol. The molecule has 4 heteroatoms. The molecule has 0 aromatic heterocycles. The van der Waals surface area contributed by atoms with Crippen molar-refractivity contribution in [3.8, 4) is 0 Å². The second-order valence-corrected chi connectivity index (χ2v) is 6.81. The van der Waals surface area contributed by atoms with E-state index in [4.69, 9.17) is 11.6 Å². The lowest BCUT2D eigenvalue weighted by atomic mass is 9.87. The summed E-state index contributed by atoms with van der Waals surface area (Å²) in [4.78, 5) is 26.1. The molecule has 22 heavy (non-hydrogen) atoms. The molecular weight excluding hydrogens is 298 g/mol. The fourth-order valence-corrected chi connectivity index (χ4v) is 2.83. The molecule has 0 radical (unpaired) electrons. The molecule has 1 aliphatic heterocycles. The van der Waals surface area contributed by atoms with Crippen molar-refractivity contribution >= 4 is 29.1 Å². The Kier molecular flexibility index (Phi) is 3.33. The number of hydrogen-bond donors (Lipinski definition) is 0. The zero-order valence-corrected chi connectivity index (χ0v) is 13.4. The highest BCUT2D eigenvalue weighted by Crippen LogP contribution is 2.36. The van der Waals surface area contributed by atoms with E-state index in [1.54, 1.807) is 30.3 Å². The molecule has 1 heterocycles. The number of anilines is 1. The number of nitrogens with zero attached hydrogens (tertiary/aromatic N) is 1. The second-order valence-electron chi connectivity index (χ2n) is 6.41. The van der Waals surface area contributed by atoms with Crippen molar-refractivity contribution in [2.45, 2.75) is 26.2 Å². The van der Waals surface area contributed by atoms with Gasteiger partial charge in [0.1, 0.15) is 0 Å². The first-order valence-electron chi connectivity index (χ1n) is 7.08. The number of rotatable bonds is 1. The van der Waals surface area contributed by atoms with Crippen LogP contribution in [0.4, 0.5) is 5.69 Å². The Morgan fingerprint density at radius 3 is 1.91 bits per heavy atom. The molecule has 0 N–H and O–H groups in total. The lowest BCUT2D eigenvalue weighted by molar-refractivity contribution is 0.0926. The minimum absolute atomic E-state index is 0.0514. The van der Waals surface area contributed by atoms with Crippen molar-refractivity contribution in [3.63, 3.8) is 0 Å². The van der Waals surface area contributed by atoms with Crippen molar-refractivity contribution in [2.75, 3.05) is 4.90 Å². The smallest absolute Gasteiger partial charge is 0.266 e. The Balaban J connectivity index is 2.07. The van der Waals surface area contributed by atoms with Crippen LogP contribution >= 0.6 is 11.6 Å². The van der Waals surface area contributed by atoms with Gasteiger partial charge in [-0.3, -0.25) is 9.59 Å². The van der Waals surface area contributed by atoms with Gasteiger partial charge in [0, 0.05) is 0 Å². The van der Waals surface area contributed by atoms with Gasteiger partial charge in [-0.05, 0) is 35.2 Å². The molecule has 0 spiro atoms. The molecule has 0 saturated heterocycles. The average Bonchev–Trinajstić information content (AvgIpc) is 2.71. The lowest BCUT2D eigenvalue weighted by Gasteiger charge is -2.22. The molecule has 0 fully saturated rings. The Labute approximate surface area is 134 Å². The quantitative estimate of drug-likeness (QED) is 0.730. The third-order valence-corrected chi connectivity index (χ3v) is 4.15. The van der Waals surface area contributed by atoms with E-state index in [1.165, 1.54) is 0 Å². The molecule has 1 aliphatic rings. The van der Waals surface area contributed by atoms with E-state index in [-0.39, 0.29) is 17.2 Å². The van der Waals surface area contributed by atoms with Crippen molar-refractivity contribution in [3.05, 3.63) is 64.2 Å². The number of carbonyl (C=O) groups excluding carboxylic acids is 2. The zero-order valence-electron chi connectivity index (χ0n) is 12.7. The Morgan fingerprint density at radius 1 is 0.909 bits per heavy atom. The van der Waals surface area contributed by atoms with E-state index in [9.17, 15) is 9.59 Å². The van der Waals surface area contributed by atoms with Gasteiger partial charge in [-0.2, -0.15) is 0 Å². The molecule has 0 bridgehead atoms. The number of benzene rings is 2. The van der Waals surface area contributed by atoms with Crippen LogP contribution < -0.4 is 4.90 Å². The van der Waals surface area contributed by atoms with Gasteiger partial charge in [-0.15, -0.1) is 0 Å². The van der Waals surface area contributed by atoms with E-state index in [0.29, 0.717) is 21.8 Å². The summed E-state index contributed by atoms with van der Waals surface area (Å²) < 4.78 is 0. The zero-order chi connectivity index (χ0) is 16.1.